The zero-order valence-corrected chi connectivity index (χ0v) is 11.2. The highest BCUT2D eigenvalue weighted by Crippen LogP contribution is 2.37. The second-order valence-electron chi connectivity index (χ2n) is 3.59. The molecule has 2 aromatic heterocycles. The van der Waals surface area contributed by atoms with Gasteiger partial charge in [-0.25, -0.2) is 0 Å². The van der Waals surface area contributed by atoms with E-state index in [9.17, 15) is 0 Å². The minimum Gasteiger partial charge on any atom is -0.305 e. The van der Waals surface area contributed by atoms with Crippen molar-refractivity contribution in [2.75, 3.05) is 6.54 Å². The zero-order chi connectivity index (χ0) is 10.3. The molecule has 0 saturated heterocycles. The molecule has 0 aromatic carbocycles. The largest absolute Gasteiger partial charge is 0.305 e. The number of hydrogen-bond donors (Lipinski definition) is 1. The Bertz CT molecular complexity index is 474. The summed E-state index contributed by atoms with van der Waals surface area (Å²) in [6.07, 6.45) is 1.17. The highest BCUT2D eigenvalue weighted by atomic mass is 79.9. The topological polar surface area (TPSA) is 12.0 Å². The van der Waals surface area contributed by atoms with E-state index in [1.165, 1.54) is 25.5 Å². The first-order valence-corrected chi connectivity index (χ1v) is 7.38. The molecule has 1 nitrogen and oxygen atoms in total. The van der Waals surface area contributed by atoms with Gasteiger partial charge in [-0.3, -0.25) is 0 Å². The van der Waals surface area contributed by atoms with Crippen molar-refractivity contribution in [2.45, 2.75) is 12.5 Å². The van der Waals surface area contributed by atoms with Crippen LogP contribution in [0.15, 0.2) is 27.4 Å². The monoisotopic (exact) mass is 299 g/mol. The fraction of sp³-hybridized carbons (Fsp3) is 0.273. The van der Waals surface area contributed by atoms with Gasteiger partial charge in [-0.05, 0) is 51.5 Å². The van der Waals surface area contributed by atoms with Gasteiger partial charge >= 0.3 is 0 Å². The molecule has 1 aliphatic heterocycles. The van der Waals surface area contributed by atoms with Crippen molar-refractivity contribution in [3.63, 3.8) is 0 Å². The third kappa shape index (κ3) is 1.80. The van der Waals surface area contributed by atoms with Crippen molar-refractivity contribution in [1.29, 1.82) is 0 Å². The molecule has 0 fully saturated rings. The summed E-state index contributed by atoms with van der Waals surface area (Å²) in [6.45, 7) is 1.09. The molecule has 1 aliphatic rings. The molecule has 1 unspecified atom stereocenters. The first kappa shape index (κ1) is 10.0. The molecule has 0 radical (unpaired) electrons. The van der Waals surface area contributed by atoms with E-state index >= 15 is 0 Å². The average Bonchev–Trinajstić information content (AvgIpc) is 2.84. The summed E-state index contributed by atoms with van der Waals surface area (Å²) in [7, 11) is 0. The van der Waals surface area contributed by atoms with E-state index in [1.807, 2.05) is 22.7 Å². The van der Waals surface area contributed by atoms with Gasteiger partial charge in [0.15, 0.2) is 0 Å². The lowest BCUT2D eigenvalue weighted by Crippen LogP contribution is -2.28. The van der Waals surface area contributed by atoms with Crippen LogP contribution in [0.25, 0.3) is 0 Å². The normalized spacial score (nSPS) is 20.2. The molecule has 0 amide bonds. The molecular formula is C11H10BrNS2. The van der Waals surface area contributed by atoms with Gasteiger partial charge in [0.1, 0.15) is 0 Å². The fourth-order valence-electron chi connectivity index (χ4n) is 1.96. The van der Waals surface area contributed by atoms with Crippen LogP contribution in [0.4, 0.5) is 0 Å². The Kier molecular flexibility index (Phi) is 2.68. The molecule has 2 aromatic rings. The van der Waals surface area contributed by atoms with Crippen molar-refractivity contribution < 1.29 is 0 Å². The lowest BCUT2D eigenvalue weighted by atomic mass is 10.0. The van der Waals surface area contributed by atoms with Crippen molar-refractivity contribution >= 4 is 38.6 Å². The van der Waals surface area contributed by atoms with Crippen LogP contribution in [-0.2, 0) is 6.42 Å². The lowest BCUT2D eigenvalue weighted by Gasteiger charge is -2.22. The Hall–Kier alpha value is -0.160. The van der Waals surface area contributed by atoms with Gasteiger partial charge in [0.25, 0.3) is 0 Å². The maximum Gasteiger partial charge on any atom is 0.0768 e. The summed E-state index contributed by atoms with van der Waals surface area (Å²) >= 11 is 7.21. The van der Waals surface area contributed by atoms with Gasteiger partial charge in [0.2, 0.25) is 0 Å². The van der Waals surface area contributed by atoms with E-state index in [2.05, 4.69) is 44.8 Å². The highest BCUT2D eigenvalue weighted by molar-refractivity contribution is 9.11. The molecule has 15 heavy (non-hydrogen) atoms. The first-order valence-electron chi connectivity index (χ1n) is 4.89. The second-order valence-corrected chi connectivity index (χ2v) is 7.03. The van der Waals surface area contributed by atoms with E-state index in [-0.39, 0.29) is 0 Å². The van der Waals surface area contributed by atoms with E-state index in [0.717, 1.165) is 6.54 Å². The molecule has 1 N–H and O–H groups in total. The molecule has 78 valence electrons. The third-order valence-corrected chi connectivity index (χ3v) is 5.38. The predicted molar refractivity (Wildman–Crippen MR) is 69.9 cm³/mol. The van der Waals surface area contributed by atoms with Crippen LogP contribution in [0.3, 0.4) is 0 Å². The quantitative estimate of drug-likeness (QED) is 0.844. The predicted octanol–water partition coefficient (Wildman–Crippen LogP) is 3.81. The van der Waals surface area contributed by atoms with Gasteiger partial charge in [0, 0.05) is 16.3 Å². The summed E-state index contributed by atoms with van der Waals surface area (Å²) in [5, 5.41) is 5.79. The van der Waals surface area contributed by atoms with Crippen molar-refractivity contribution in [2.24, 2.45) is 0 Å². The molecule has 3 rings (SSSR count). The van der Waals surface area contributed by atoms with Gasteiger partial charge in [-0.15, -0.1) is 22.7 Å². The van der Waals surface area contributed by atoms with Crippen molar-refractivity contribution in [1.82, 2.24) is 5.32 Å². The SMILES string of the molecule is Brc1ccc(C2NCCc3ccsc32)s1. The molecule has 3 heterocycles. The first-order chi connectivity index (χ1) is 7.34. The number of rotatable bonds is 1. The van der Waals surface area contributed by atoms with E-state index in [1.54, 1.807) is 0 Å². The summed E-state index contributed by atoms with van der Waals surface area (Å²) in [5.74, 6) is 0. The summed E-state index contributed by atoms with van der Waals surface area (Å²) < 4.78 is 1.21. The molecule has 0 bridgehead atoms. The van der Waals surface area contributed by atoms with Gasteiger partial charge in [0.05, 0.1) is 9.83 Å². The number of nitrogens with one attached hydrogen (secondary N) is 1. The van der Waals surface area contributed by atoms with Gasteiger partial charge in [-0.2, -0.15) is 0 Å². The van der Waals surface area contributed by atoms with Crippen LogP contribution >= 0.6 is 38.6 Å². The number of fused-ring (bicyclic) bond motifs is 1. The summed E-state index contributed by atoms with van der Waals surface area (Å²) in [6, 6.07) is 7.02. The maximum absolute atomic E-state index is 3.59. The Balaban J connectivity index is 2.02. The van der Waals surface area contributed by atoms with Crippen LogP contribution in [0, 0.1) is 0 Å². The highest BCUT2D eigenvalue weighted by Gasteiger charge is 2.23. The van der Waals surface area contributed by atoms with Crippen LogP contribution in [0.2, 0.25) is 0 Å². The fourth-order valence-corrected chi connectivity index (χ4v) is 4.59. The Morgan fingerprint density at radius 1 is 1.33 bits per heavy atom. The van der Waals surface area contributed by atoms with Crippen LogP contribution in [0.1, 0.15) is 21.4 Å². The number of halogens is 1. The van der Waals surface area contributed by atoms with E-state index in [0.29, 0.717) is 6.04 Å². The molecule has 1 atom stereocenters. The van der Waals surface area contributed by atoms with Gasteiger partial charge < -0.3 is 5.32 Å². The summed E-state index contributed by atoms with van der Waals surface area (Å²) in [4.78, 5) is 2.90. The Morgan fingerprint density at radius 3 is 3.07 bits per heavy atom. The molecule has 0 aliphatic carbocycles. The smallest absolute Gasteiger partial charge is 0.0768 e. The number of hydrogen-bond acceptors (Lipinski definition) is 3. The third-order valence-electron chi connectivity index (χ3n) is 2.66. The number of thiophene rings is 2. The van der Waals surface area contributed by atoms with Crippen LogP contribution < -0.4 is 5.32 Å². The maximum atomic E-state index is 3.59. The zero-order valence-electron chi connectivity index (χ0n) is 8.00. The molecule has 0 spiro atoms. The molecule has 4 heteroatoms. The van der Waals surface area contributed by atoms with Crippen LogP contribution in [-0.4, -0.2) is 6.54 Å². The Labute approximate surface area is 105 Å². The van der Waals surface area contributed by atoms with Gasteiger partial charge in [-0.1, -0.05) is 0 Å². The lowest BCUT2D eigenvalue weighted by molar-refractivity contribution is 0.585. The molecular weight excluding hydrogens is 290 g/mol. The molecule has 0 saturated carbocycles. The minimum absolute atomic E-state index is 0.421. The van der Waals surface area contributed by atoms with Crippen molar-refractivity contribution in [3.05, 3.63) is 42.7 Å². The van der Waals surface area contributed by atoms with Crippen LogP contribution in [0.5, 0.6) is 0 Å². The standard InChI is InChI=1S/C11H10BrNS2/c12-9-2-1-8(15-9)10-11-7(3-5-13-10)4-6-14-11/h1-2,4,6,10,13H,3,5H2. The minimum atomic E-state index is 0.421. The van der Waals surface area contributed by atoms with E-state index in [4.69, 9.17) is 0 Å². The second kappa shape index (κ2) is 4.01. The Morgan fingerprint density at radius 2 is 2.27 bits per heavy atom. The summed E-state index contributed by atoms with van der Waals surface area (Å²) in [5.41, 5.74) is 1.52. The van der Waals surface area contributed by atoms with Crippen molar-refractivity contribution in [3.8, 4) is 0 Å². The van der Waals surface area contributed by atoms with E-state index < -0.39 is 0 Å². The average molecular weight is 300 g/mol.